The lowest BCUT2D eigenvalue weighted by atomic mass is 10.2. The predicted octanol–water partition coefficient (Wildman–Crippen LogP) is 3.21. The fourth-order valence-electron chi connectivity index (χ4n) is 1.89. The molecule has 0 unspecified atom stereocenters. The normalized spacial score (nSPS) is 10.5. The Bertz CT molecular complexity index is 751. The number of nitrogens with one attached hydrogen (secondary N) is 2. The number of hydrogen-bond donors (Lipinski definition) is 2. The fraction of sp³-hybridized carbons (Fsp3) is 0. The van der Waals surface area contributed by atoms with Gasteiger partial charge in [0.15, 0.2) is 5.82 Å². The van der Waals surface area contributed by atoms with Crippen LogP contribution in [0, 0.1) is 10.1 Å². The van der Waals surface area contributed by atoms with Crippen LogP contribution in [0.5, 0.6) is 0 Å². The monoisotopic (exact) mass is 254 g/mol. The van der Waals surface area contributed by atoms with Crippen LogP contribution in [0.15, 0.2) is 48.5 Å². The van der Waals surface area contributed by atoms with Crippen LogP contribution in [-0.2, 0) is 0 Å². The molecule has 0 atom stereocenters. The number of H-pyrrole nitrogens is 1. The largest absolute Gasteiger partial charge is 0.338 e. The smallest absolute Gasteiger partial charge is 0.271 e. The first kappa shape index (κ1) is 11.2. The summed E-state index contributed by atoms with van der Waals surface area (Å²) in [5.41, 5.74) is 1.59. The minimum atomic E-state index is -0.423. The van der Waals surface area contributed by atoms with Crippen molar-refractivity contribution in [3.05, 3.63) is 58.6 Å². The second-order valence-electron chi connectivity index (χ2n) is 4.05. The van der Waals surface area contributed by atoms with E-state index in [9.17, 15) is 10.1 Å². The minimum absolute atomic E-state index is 0.0461. The van der Waals surface area contributed by atoms with Gasteiger partial charge in [-0.25, -0.2) is 0 Å². The van der Waals surface area contributed by atoms with Crippen molar-refractivity contribution in [3.8, 4) is 0 Å². The highest BCUT2D eigenvalue weighted by Crippen LogP contribution is 2.25. The van der Waals surface area contributed by atoms with Gasteiger partial charge in [-0.05, 0) is 18.2 Å². The second-order valence-corrected chi connectivity index (χ2v) is 4.05. The first-order valence-electron chi connectivity index (χ1n) is 5.68. The third kappa shape index (κ3) is 2.11. The van der Waals surface area contributed by atoms with Crippen molar-refractivity contribution in [1.82, 2.24) is 10.2 Å². The summed E-state index contributed by atoms with van der Waals surface area (Å²) in [5.74, 6) is 0.649. The number of hydrogen-bond acceptors (Lipinski definition) is 4. The van der Waals surface area contributed by atoms with Crippen LogP contribution in [0.3, 0.4) is 0 Å². The summed E-state index contributed by atoms with van der Waals surface area (Å²) in [7, 11) is 0. The number of aromatic amines is 1. The van der Waals surface area contributed by atoms with Gasteiger partial charge in [-0.2, -0.15) is 5.10 Å². The quantitative estimate of drug-likeness (QED) is 0.555. The number of fused-ring (bicyclic) bond motifs is 1. The molecule has 19 heavy (non-hydrogen) atoms. The molecule has 0 bridgehead atoms. The van der Waals surface area contributed by atoms with Crippen molar-refractivity contribution >= 4 is 28.1 Å². The lowest BCUT2D eigenvalue weighted by molar-refractivity contribution is -0.384. The molecule has 0 aliphatic carbocycles. The van der Waals surface area contributed by atoms with E-state index in [4.69, 9.17) is 0 Å². The Balaban J connectivity index is 1.97. The van der Waals surface area contributed by atoms with Crippen LogP contribution in [0.1, 0.15) is 0 Å². The molecule has 3 rings (SSSR count). The van der Waals surface area contributed by atoms with Crippen molar-refractivity contribution in [2.45, 2.75) is 0 Å². The highest BCUT2D eigenvalue weighted by molar-refractivity contribution is 5.91. The maximum Gasteiger partial charge on any atom is 0.271 e. The number of aromatic nitrogens is 2. The van der Waals surface area contributed by atoms with Gasteiger partial charge < -0.3 is 5.32 Å². The molecule has 1 aromatic heterocycles. The standard InChI is InChI=1S/C13H10N4O2/c18-17(19)10-5-3-4-9(8-10)14-13-11-6-1-2-7-12(11)15-16-13/h1-8H,(H2,14,15,16). The molecule has 94 valence electrons. The summed E-state index contributed by atoms with van der Waals surface area (Å²) >= 11 is 0. The van der Waals surface area contributed by atoms with E-state index in [2.05, 4.69) is 15.5 Å². The molecule has 0 saturated carbocycles. The van der Waals surface area contributed by atoms with E-state index in [1.807, 2.05) is 24.3 Å². The molecule has 6 nitrogen and oxygen atoms in total. The summed E-state index contributed by atoms with van der Waals surface area (Å²) in [6, 6.07) is 14.0. The fourth-order valence-corrected chi connectivity index (χ4v) is 1.89. The lowest BCUT2D eigenvalue weighted by Crippen LogP contribution is -1.93. The molecule has 0 aliphatic rings. The number of para-hydroxylation sites is 1. The molecule has 1 heterocycles. The molecule has 0 spiro atoms. The summed E-state index contributed by atoms with van der Waals surface area (Å²) in [5, 5.41) is 21.8. The first-order valence-corrected chi connectivity index (χ1v) is 5.68. The van der Waals surface area contributed by atoms with Gasteiger partial charge >= 0.3 is 0 Å². The maximum atomic E-state index is 10.7. The van der Waals surface area contributed by atoms with Crippen molar-refractivity contribution in [2.75, 3.05) is 5.32 Å². The summed E-state index contributed by atoms with van der Waals surface area (Å²) < 4.78 is 0. The zero-order chi connectivity index (χ0) is 13.2. The Morgan fingerprint density at radius 3 is 2.84 bits per heavy atom. The maximum absolute atomic E-state index is 10.7. The molecular weight excluding hydrogens is 244 g/mol. The summed E-state index contributed by atoms with van der Waals surface area (Å²) in [6.07, 6.45) is 0. The Hall–Kier alpha value is -2.89. The molecule has 6 heteroatoms. The van der Waals surface area contributed by atoms with E-state index in [1.54, 1.807) is 12.1 Å². The lowest BCUT2D eigenvalue weighted by Gasteiger charge is -2.03. The number of anilines is 2. The van der Waals surface area contributed by atoms with Gasteiger partial charge in [-0.15, -0.1) is 0 Å². The van der Waals surface area contributed by atoms with Crippen LogP contribution in [0.25, 0.3) is 10.9 Å². The molecule has 0 radical (unpaired) electrons. The van der Waals surface area contributed by atoms with Crippen LogP contribution < -0.4 is 5.32 Å². The zero-order valence-electron chi connectivity index (χ0n) is 9.83. The Morgan fingerprint density at radius 2 is 2.00 bits per heavy atom. The topological polar surface area (TPSA) is 83.8 Å². The highest BCUT2D eigenvalue weighted by Gasteiger charge is 2.08. The summed E-state index contributed by atoms with van der Waals surface area (Å²) in [6.45, 7) is 0. The second kappa shape index (κ2) is 4.41. The SMILES string of the molecule is O=[N+]([O-])c1cccc(Nc2n[nH]c3ccccc23)c1. The van der Waals surface area contributed by atoms with E-state index in [0.29, 0.717) is 11.5 Å². The number of rotatable bonds is 3. The zero-order valence-corrected chi connectivity index (χ0v) is 9.83. The minimum Gasteiger partial charge on any atom is -0.338 e. The molecule has 0 aliphatic heterocycles. The Morgan fingerprint density at radius 1 is 1.16 bits per heavy atom. The van der Waals surface area contributed by atoms with E-state index >= 15 is 0 Å². The van der Waals surface area contributed by atoms with E-state index in [1.165, 1.54) is 12.1 Å². The van der Waals surface area contributed by atoms with Crippen LogP contribution >= 0.6 is 0 Å². The molecule has 0 amide bonds. The van der Waals surface area contributed by atoms with Crippen molar-refractivity contribution in [3.63, 3.8) is 0 Å². The van der Waals surface area contributed by atoms with Gasteiger partial charge in [0.1, 0.15) is 0 Å². The van der Waals surface area contributed by atoms with Crippen LogP contribution in [-0.4, -0.2) is 15.1 Å². The van der Waals surface area contributed by atoms with E-state index in [0.717, 1.165) is 10.9 Å². The van der Waals surface area contributed by atoms with Gasteiger partial charge in [-0.3, -0.25) is 15.2 Å². The third-order valence-electron chi connectivity index (χ3n) is 2.79. The van der Waals surface area contributed by atoms with Crippen LogP contribution in [0.4, 0.5) is 17.2 Å². The molecule has 0 saturated heterocycles. The molecular formula is C13H10N4O2. The predicted molar refractivity (Wildman–Crippen MR) is 72.5 cm³/mol. The van der Waals surface area contributed by atoms with Gasteiger partial charge in [0.25, 0.3) is 5.69 Å². The van der Waals surface area contributed by atoms with Crippen LogP contribution in [0.2, 0.25) is 0 Å². The van der Waals surface area contributed by atoms with Crippen molar-refractivity contribution in [2.24, 2.45) is 0 Å². The number of benzene rings is 2. The first-order chi connectivity index (χ1) is 9.24. The van der Waals surface area contributed by atoms with Crippen molar-refractivity contribution < 1.29 is 4.92 Å². The third-order valence-corrected chi connectivity index (χ3v) is 2.79. The summed E-state index contributed by atoms with van der Waals surface area (Å²) in [4.78, 5) is 10.3. The van der Waals surface area contributed by atoms with E-state index < -0.39 is 4.92 Å². The molecule has 0 fully saturated rings. The average molecular weight is 254 g/mol. The van der Waals surface area contributed by atoms with Gasteiger partial charge in [0, 0.05) is 23.2 Å². The van der Waals surface area contributed by atoms with Gasteiger partial charge in [0.2, 0.25) is 0 Å². The van der Waals surface area contributed by atoms with Gasteiger partial charge in [-0.1, -0.05) is 18.2 Å². The highest BCUT2D eigenvalue weighted by atomic mass is 16.6. The Kier molecular flexibility index (Phi) is 2.60. The van der Waals surface area contributed by atoms with Gasteiger partial charge in [0.05, 0.1) is 10.4 Å². The molecule has 2 aromatic carbocycles. The number of nitro groups is 1. The average Bonchev–Trinajstić information content (AvgIpc) is 2.83. The number of nitrogens with zero attached hydrogens (tertiary/aromatic N) is 2. The van der Waals surface area contributed by atoms with E-state index in [-0.39, 0.29) is 5.69 Å². The molecule has 3 aromatic rings. The molecule has 2 N–H and O–H groups in total. The van der Waals surface area contributed by atoms with Crippen molar-refractivity contribution in [1.29, 1.82) is 0 Å². The Labute approximate surface area is 108 Å². The number of non-ortho nitro benzene ring substituents is 1. The number of nitro benzene ring substituents is 1.